The topological polar surface area (TPSA) is 73.2 Å². The van der Waals surface area contributed by atoms with Crippen molar-refractivity contribution in [2.75, 3.05) is 4.90 Å². The molecule has 1 atom stereocenters. The molecule has 1 aliphatic rings. The van der Waals surface area contributed by atoms with Crippen molar-refractivity contribution in [1.29, 1.82) is 5.26 Å². The Balaban J connectivity index is 1.69. The molecule has 1 saturated heterocycles. The number of hydrogen-bond donors (Lipinski definition) is 1. The third-order valence-corrected chi connectivity index (χ3v) is 7.15. The Kier molecular flexibility index (Phi) is 7.33. The van der Waals surface area contributed by atoms with Gasteiger partial charge in [-0.05, 0) is 66.8 Å². The maximum Gasteiger partial charge on any atom is 0.264 e. The quantitative estimate of drug-likeness (QED) is 0.385. The summed E-state index contributed by atoms with van der Waals surface area (Å²) in [5.41, 5.74) is 4.25. The Labute approximate surface area is 208 Å². The number of nitrogens with one attached hydrogen (secondary N) is 1. The monoisotopic (exact) mass is 485 g/mol. The molecule has 7 heteroatoms. The van der Waals surface area contributed by atoms with E-state index in [1.807, 2.05) is 68.4 Å². The van der Waals surface area contributed by atoms with Gasteiger partial charge in [0.25, 0.3) is 5.91 Å². The van der Waals surface area contributed by atoms with E-state index in [2.05, 4.69) is 5.32 Å². The number of thioether (sulfide) groups is 1. The molecule has 0 saturated carbocycles. The van der Waals surface area contributed by atoms with E-state index in [-0.39, 0.29) is 23.8 Å². The number of carbonyl (C=O) groups excluding carboxylic acids is 2. The number of benzene rings is 3. The van der Waals surface area contributed by atoms with E-state index in [1.54, 1.807) is 12.1 Å². The number of halogens is 1. The normalized spacial score (nSPS) is 16.7. The zero-order valence-electron chi connectivity index (χ0n) is 19.4. The molecule has 3 aromatic carbocycles. The predicted octanol–water partition coefficient (Wildman–Crippen LogP) is 5.19. The fourth-order valence-corrected chi connectivity index (χ4v) is 5.10. The van der Waals surface area contributed by atoms with E-state index in [0.717, 1.165) is 22.3 Å². The van der Waals surface area contributed by atoms with Gasteiger partial charge in [0.1, 0.15) is 22.5 Å². The average Bonchev–Trinajstić information content (AvgIpc) is 3.17. The second-order valence-corrected chi connectivity index (χ2v) is 9.53. The van der Waals surface area contributed by atoms with Gasteiger partial charge < -0.3 is 5.32 Å². The molecular formula is C28H24FN3O2S. The highest BCUT2D eigenvalue weighted by Crippen LogP contribution is 2.42. The van der Waals surface area contributed by atoms with Crippen molar-refractivity contribution >= 4 is 29.3 Å². The fraction of sp³-hybridized carbons (Fsp3) is 0.179. The summed E-state index contributed by atoms with van der Waals surface area (Å²) in [5, 5.41) is 12.5. The molecule has 0 bridgehead atoms. The van der Waals surface area contributed by atoms with Crippen LogP contribution in [0.1, 0.15) is 22.3 Å². The standard InChI is InChI=1S/C28H24FN3O2S/c1-18-8-13-23(14-19(18)2)32-27(34)25(15-20-9-11-22(29)12-10-20)35-28(32)24(16-30)26(33)31-17-21-6-4-3-5-7-21/h3-14,25H,15,17H2,1-2H3,(H,31,33)/b28-24-. The third kappa shape index (κ3) is 5.44. The molecule has 0 radical (unpaired) electrons. The lowest BCUT2D eigenvalue weighted by Crippen LogP contribution is -2.32. The molecule has 0 aliphatic carbocycles. The van der Waals surface area contributed by atoms with E-state index in [4.69, 9.17) is 0 Å². The summed E-state index contributed by atoms with van der Waals surface area (Å²) < 4.78 is 13.4. The van der Waals surface area contributed by atoms with E-state index < -0.39 is 11.2 Å². The Morgan fingerprint density at radius 1 is 1.03 bits per heavy atom. The van der Waals surface area contributed by atoms with Crippen LogP contribution >= 0.6 is 11.8 Å². The lowest BCUT2D eigenvalue weighted by molar-refractivity contribution is -0.117. The van der Waals surface area contributed by atoms with E-state index in [1.165, 1.54) is 28.8 Å². The molecule has 5 nitrogen and oxygen atoms in total. The van der Waals surface area contributed by atoms with Crippen LogP contribution < -0.4 is 10.2 Å². The Hall–Kier alpha value is -3.89. The van der Waals surface area contributed by atoms with Gasteiger partial charge in [-0.3, -0.25) is 14.5 Å². The zero-order valence-corrected chi connectivity index (χ0v) is 20.2. The predicted molar refractivity (Wildman–Crippen MR) is 136 cm³/mol. The van der Waals surface area contributed by atoms with Crippen molar-refractivity contribution in [3.05, 3.63) is 111 Å². The van der Waals surface area contributed by atoms with Crippen LogP contribution in [-0.4, -0.2) is 17.1 Å². The fourth-order valence-electron chi connectivity index (χ4n) is 3.79. The zero-order chi connectivity index (χ0) is 24.9. The van der Waals surface area contributed by atoms with Crippen LogP contribution in [-0.2, 0) is 22.6 Å². The maximum atomic E-state index is 13.6. The Morgan fingerprint density at radius 2 is 1.74 bits per heavy atom. The largest absolute Gasteiger partial charge is 0.347 e. The molecule has 35 heavy (non-hydrogen) atoms. The lowest BCUT2D eigenvalue weighted by atomic mass is 10.1. The minimum atomic E-state index is -0.553. The smallest absolute Gasteiger partial charge is 0.264 e. The van der Waals surface area contributed by atoms with Crippen LogP contribution in [0.2, 0.25) is 0 Å². The van der Waals surface area contributed by atoms with Crippen molar-refractivity contribution in [1.82, 2.24) is 5.32 Å². The molecule has 3 aromatic rings. The summed E-state index contributed by atoms with van der Waals surface area (Å²) in [6.45, 7) is 4.19. The van der Waals surface area contributed by atoms with Crippen molar-refractivity contribution in [3.63, 3.8) is 0 Å². The molecule has 1 aliphatic heterocycles. The summed E-state index contributed by atoms with van der Waals surface area (Å²) in [4.78, 5) is 28.1. The molecule has 2 amide bonds. The van der Waals surface area contributed by atoms with Gasteiger partial charge in [-0.2, -0.15) is 5.26 Å². The van der Waals surface area contributed by atoms with Crippen LogP contribution in [0.3, 0.4) is 0 Å². The number of amides is 2. The number of anilines is 1. The van der Waals surface area contributed by atoms with E-state index in [9.17, 15) is 19.2 Å². The SMILES string of the molecule is Cc1ccc(N2C(=O)C(Cc3ccc(F)cc3)S/C2=C(/C#N)C(=O)NCc2ccccc2)cc1C. The van der Waals surface area contributed by atoms with Crippen LogP contribution in [0, 0.1) is 31.0 Å². The summed E-state index contributed by atoms with van der Waals surface area (Å²) in [6, 6.07) is 23.0. The first-order valence-electron chi connectivity index (χ1n) is 11.2. The molecule has 1 unspecified atom stereocenters. The van der Waals surface area contributed by atoms with Gasteiger partial charge in [-0.1, -0.05) is 60.3 Å². The first-order chi connectivity index (χ1) is 16.9. The maximum absolute atomic E-state index is 13.6. The second kappa shape index (κ2) is 10.6. The van der Waals surface area contributed by atoms with Crippen molar-refractivity contribution in [3.8, 4) is 6.07 Å². The van der Waals surface area contributed by atoms with Crippen molar-refractivity contribution in [2.24, 2.45) is 0 Å². The van der Waals surface area contributed by atoms with Crippen LogP contribution in [0.4, 0.5) is 10.1 Å². The molecule has 176 valence electrons. The van der Waals surface area contributed by atoms with Crippen molar-refractivity contribution in [2.45, 2.75) is 32.1 Å². The van der Waals surface area contributed by atoms with Gasteiger partial charge >= 0.3 is 0 Å². The summed E-state index contributed by atoms with van der Waals surface area (Å²) in [7, 11) is 0. The molecule has 1 heterocycles. The first-order valence-corrected chi connectivity index (χ1v) is 12.0. The lowest BCUT2D eigenvalue weighted by Gasteiger charge is -2.20. The van der Waals surface area contributed by atoms with Gasteiger partial charge in [0.15, 0.2) is 0 Å². The highest BCUT2D eigenvalue weighted by Gasteiger charge is 2.40. The average molecular weight is 486 g/mol. The van der Waals surface area contributed by atoms with Gasteiger partial charge in [-0.15, -0.1) is 0 Å². The van der Waals surface area contributed by atoms with Crippen molar-refractivity contribution < 1.29 is 14.0 Å². The Morgan fingerprint density at radius 3 is 2.40 bits per heavy atom. The van der Waals surface area contributed by atoms with Gasteiger partial charge in [0, 0.05) is 12.2 Å². The minimum Gasteiger partial charge on any atom is -0.347 e. The van der Waals surface area contributed by atoms with E-state index >= 15 is 0 Å². The number of carbonyl (C=O) groups is 2. The molecular weight excluding hydrogens is 461 g/mol. The number of nitriles is 1. The third-order valence-electron chi connectivity index (χ3n) is 5.88. The minimum absolute atomic E-state index is 0.112. The highest BCUT2D eigenvalue weighted by atomic mass is 32.2. The molecule has 0 spiro atoms. The number of nitrogens with zero attached hydrogens (tertiary/aromatic N) is 2. The number of rotatable bonds is 6. The Bertz CT molecular complexity index is 1330. The molecule has 1 N–H and O–H groups in total. The molecule has 4 rings (SSSR count). The van der Waals surface area contributed by atoms with E-state index in [0.29, 0.717) is 17.1 Å². The summed E-state index contributed by atoms with van der Waals surface area (Å²) >= 11 is 1.19. The summed E-state index contributed by atoms with van der Waals surface area (Å²) in [5.74, 6) is -1.11. The number of aryl methyl sites for hydroxylation is 2. The summed E-state index contributed by atoms with van der Waals surface area (Å²) in [6.07, 6.45) is 0.346. The highest BCUT2D eigenvalue weighted by molar-refractivity contribution is 8.05. The van der Waals surface area contributed by atoms with Gasteiger partial charge in [-0.25, -0.2) is 4.39 Å². The van der Waals surface area contributed by atoms with Crippen LogP contribution in [0.5, 0.6) is 0 Å². The first kappa shape index (κ1) is 24.2. The van der Waals surface area contributed by atoms with Crippen LogP contribution in [0.15, 0.2) is 83.4 Å². The molecule has 0 aromatic heterocycles. The van der Waals surface area contributed by atoms with Gasteiger partial charge in [0.2, 0.25) is 5.91 Å². The second-order valence-electron chi connectivity index (χ2n) is 8.34. The number of hydrogen-bond acceptors (Lipinski definition) is 4. The van der Waals surface area contributed by atoms with Gasteiger partial charge in [0.05, 0.1) is 5.25 Å². The molecule has 1 fully saturated rings. The van der Waals surface area contributed by atoms with Crippen LogP contribution in [0.25, 0.3) is 0 Å².